The number of ether oxygens (including phenoxy) is 2. The molecular weight excluding hydrogens is 298 g/mol. The Kier molecular flexibility index (Phi) is 6.64. The molecule has 0 aromatic heterocycles. The molecule has 1 fully saturated rings. The highest BCUT2D eigenvalue weighted by Crippen LogP contribution is 2.19. The highest BCUT2D eigenvalue weighted by molar-refractivity contribution is 5.67. The molecule has 0 bridgehead atoms. The van der Waals surface area contributed by atoms with E-state index in [-0.39, 0.29) is 6.04 Å². The van der Waals surface area contributed by atoms with E-state index in [1.54, 1.807) is 7.11 Å². The molecule has 1 aromatic rings. The SMILES string of the molecule is COc1ccc(C[C@H]2NC[C@H](O)[C@H]2OC(=O)NCCCN)cc1. The van der Waals surface area contributed by atoms with Gasteiger partial charge in [-0.3, -0.25) is 0 Å². The van der Waals surface area contributed by atoms with Crippen LogP contribution in [0, 0.1) is 0 Å². The van der Waals surface area contributed by atoms with E-state index >= 15 is 0 Å². The molecule has 1 aromatic carbocycles. The minimum Gasteiger partial charge on any atom is -0.497 e. The first-order valence-electron chi connectivity index (χ1n) is 7.83. The molecule has 1 aliphatic heterocycles. The summed E-state index contributed by atoms with van der Waals surface area (Å²) in [7, 11) is 1.62. The van der Waals surface area contributed by atoms with Crippen LogP contribution in [0.15, 0.2) is 24.3 Å². The number of rotatable bonds is 7. The fourth-order valence-corrected chi connectivity index (χ4v) is 2.59. The number of benzene rings is 1. The quantitative estimate of drug-likeness (QED) is 0.527. The van der Waals surface area contributed by atoms with E-state index in [4.69, 9.17) is 15.2 Å². The Morgan fingerprint density at radius 1 is 1.43 bits per heavy atom. The summed E-state index contributed by atoms with van der Waals surface area (Å²) in [4.78, 5) is 11.8. The largest absolute Gasteiger partial charge is 0.497 e. The van der Waals surface area contributed by atoms with Gasteiger partial charge in [-0.25, -0.2) is 4.79 Å². The Labute approximate surface area is 136 Å². The number of alkyl carbamates (subject to hydrolysis) is 1. The lowest BCUT2D eigenvalue weighted by Crippen LogP contribution is -2.41. The van der Waals surface area contributed by atoms with Crippen molar-refractivity contribution in [3.63, 3.8) is 0 Å². The number of β-amino-alcohol motifs (C(OH)–C–C–N with tert-alkyl or cyclic N) is 1. The van der Waals surface area contributed by atoms with E-state index in [0.29, 0.717) is 32.5 Å². The second kappa shape index (κ2) is 8.71. The van der Waals surface area contributed by atoms with Crippen LogP contribution in [0.3, 0.4) is 0 Å². The number of aliphatic hydroxyl groups excluding tert-OH is 1. The second-order valence-electron chi connectivity index (χ2n) is 5.57. The number of amides is 1. The van der Waals surface area contributed by atoms with Gasteiger partial charge in [-0.15, -0.1) is 0 Å². The maximum atomic E-state index is 11.8. The lowest BCUT2D eigenvalue weighted by atomic mass is 10.0. The van der Waals surface area contributed by atoms with Gasteiger partial charge >= 0.3 is 6.09 Å². The predicted molar refractivity (Wildman–Crippen MR) is 86.4 cm³/mol. The molecule has 23 heavy (non-hydrogen) atoms. The number of hydrogen-bond donors (Lipinski definition) is 4. The Bertz CT molecular complexity index is 495. The second-order valence-corrected chi connectivity index (χ2v) is 5.57. The van der Waals surface area contributed by atoms with Crippen LogP contribution in [0.2, 0.25) is 0 Å². The van der Waals surface area contributed by atoms with Crippen LogP contribution in [0.5, 0.6) is 5.75 Å². The Balaban J connectivity index is 1.90. The maximum absolute atomic E-state index is 11.8. The Morgan fingerprint density at radius 2 is 2.17 bits per heavy atom. The zero-order valence-corrected chi connectivity index (χ0v) is 13.3. The highest BCUT2D eigenvalue weighted by Gasteiger charge is 2.37. The summed E-state index contributed by atoms with van der Waals surface area (Å²) in [5.41, 5.74) is 6.46. The van der Waals surface area contributed by atoms with Crippen molar-refractivity contribution in [2.45, 2.75) is 31.1 Å². The molecule has 3 atom stereocenters. The van der Waals surface area contributed by atoms with Crippen molar-refractivity contribution in [1.29, 1.82) is 0 Å². The molecule has 0 radical (unpaired) electrons. The maximum Gasteiger partial charge on any atom is 0.407 e. The van der Waals surface area contributed by atoms with Crippen LogP contribution in [-0.2, 0) is 11.2 Å². The first-order chi connectivity index (χ1) is 11.1. The van der Waals surface area contributed by atoms with Gasteiger partial charge in [0.15, 0.2) is 0 Å². The summed E-state index contributed by atoms with van der Waals surface area (Å²) in [5, 5.41) is 15.9. The highest BCUT2D eigenvalue weighted by atomic mass is 16.6. The van der Waals surface area contributed by atoms with Gasteiger partial charge in [0.2, 0.25) is 0 Å². The van der Waals surface area contributed by atoms with E-state index in [1.165, 1.54) is 0 Å². The number of methoxy groups -OCH3 is 1. The molecule has 0 spiro atoms. The van der Waals surface area contributed by atoms with Crippen molar-refractivity contribution < 1.29 is 19.4 Å². The fraction of sp³-hybridized carbons (Fsp3) is 0.562. The average Bonchev–Trinajstić information content (AvgIpc) is 2.89. The third kappa shape index (κ3) is 5.09. The van der Waals surface area contributed by atoms with Crippen molar-refractivity contribution >= 4 is 6.09 Å². The van der Waals surface area contributed by atoms with Crippen LogP contribution in [-0.4, -0.2) is 56.2 Å². The smallest absolute Gasteiger partial charge is 0.407 e. The number of hydrogen-bond acceptors (Lipinski definition) is 6. The normalized spacial score (nSPS) is 23.5. The first kappa shape index (κ1) is 17.5. The molecule has 7 nitrogen and oxygen atoms in total. The molecule has 0 unspecified atom stereocenters. The van der Waals surface area contributed by atoms with Gasteiger partial charge in [0.25, 0.3) is 0 Å². The van der Waals surface area contributed by atoms with E-state index < -0.39 is 18.3 Å². The van der Waals surface area contributed by atoms with Crippen LogP contribution >= 0.6 is 0 Å². The van der Waals surface area contributed by atoms with Crippen molar-refractivity contribution in [3.8, 4) is 5.75 Å². The topological polar surface area (TPSA) is 106 Å². The molecule has 5 N–H and O–H groups in total. The van der Waals surface area contributed by atoms with Gasteiger partial charge in [0, 0.05) is 13.1 Å². The van der Waals surface area contributed by atoms with E-state index in [2.05, 4.69) is 10.6 Å². The zero-order valence-electron chi connectivity index (χ0n) is 13.3. The molecule has 1 heterocycles. The van der Waals surface area contributed by atoms with Crippen molar-refractivity contribution in [2.24, 2.45) is 5.73 Å². The van der Waals surface area contributed by atoms with Crippen LogP contribution < -0.4 is 21.1 Å². The summed E-state index contributed by atoms with van der Waals surface area (Å²) in [6.45, 7) is 1.38. The number of carbonyl (C=O) groups is 1. The standard InChI is InChI=1S/C16H25N3O4/c1-22-12-5-3-11(4-6-12)9-13-15(14(20)10-19-13)23-16(21)18-8-2-7-17/h3-6,13-15,19-20H,2,7-10,17H2,1H3,(H,18,21)/t13-,14+,15+/m1/s1. The van der Waals surface area contributed by atoms with Gasteiger partial charge in [0.1, 0.15) is 18.0 Å². The van der Waals surface area contributed by atoms with Gasteiger partial charge in [-0.05, 0) is 37.1 Å². The number of nitrogens with one attached hydrogen (secondary N) is 2. The molecule has 2 rings (SSSR count). The first-order valence-corrected chi connectivity index (χ1v) is 7.83. The third-order valence-corrected chi connectivity index (χ3v) is 3.87. The zero-order chi connectivity index (χ0) is 16.7. The van der Waals surface area contributed by atoms with E-state index in [1.807, 2.05) is 24.3 Å². The van der Waals surface area contributed by atoms with Gasteiger partial charge in [-0.2, -0.15) is 0 Å². The Morgan fingerprint density at radius 3 is 2.83 bits per heavy atom. The molecule has 128 valence electrons. The summed E-state index contributed by atoms with van der Waals surface area (Å²) in [6, 6.07) is 7.57. The van der Waals surface area contributed by atoms with Gasteiger partial charge < -0.3 is 30.9 Å². The van der Waals surface area contributed by atoms with Crippen LogP contribution in [0.4, 0.5) is 4.79 Å². The summed E-state index contributed by atoms with van der Waals surface area (Å²) in [6.07, 6.45) is -0.461. The molecule has 7 heteroatoms. The summed E-state index contributed by atoms with van der Waals surface area (Å²) < 4.78 is 10.5. The molecule has 0 aliphatic carbocycles. The molecule has 0 saturated carbocycles. The average molecular weight is 323 g/mol. The number of aliphatic hydroxyl groups is 1. The number of nitrogens with two attached hydrogens (primary N) is 1. The molecule has 1 aliphatic rings. The minimum atomic E-state index is -0.710. The lowest BCUT2D eigenvalue weighted by molar-refractivity contribution is 0.0190. The van der Waals surface area contributed by atoms with Gasteiger partial charge in [-0.1, -0.05) is 12.1 Å². The fourth-order valence-electron chi connectivity index (χ4n) is 2.59. The van der Waals surface area contributed by atoms with Gasteiger partial charge in [0.05, 0.1) is 13.2 Å². The lowest BCUT2D eigenvalue weighted by Gasteiger charge is -2.22. The summed E-state index contributed by atoms with van der Waals surface area (Å²) >= 11 is 0. The van der Waals surface area contributed by atoms with Crippen LogP contribution in [0.25, 0.3) is 0 Å². The summed E-state index contributed by atoms with van der Waals surface area (Å²) in [5.74, 6) is 0.792. The molecule has 1 amide bonds. The predicted octanol–water partition coefficient (Wildman–Crippen LogP) is 0.0140. The number of carbonyl (C=O) groups excluding carboxylic acids is 1. The Hall–Kier alpha value is -1.83. The molecule has 1 saturated heterocycles. The van der Waals surface area contributed by atoms with Crippen molar-refractivity contribution in [2.75, 3.05) is 26.7 Å². The monoisotopic (exact) mass is 323 g/mol. The van der Waals surface area contributed by atoms with Crippen molar-refractivity contribution in [3.05, 3.63) is 29.8 Å². The minimum absolute atomic E-state index is 0.126. The van der Waals surface area contributed by atoms with E-state index in [9.17, 15) is 9.90 Å². The van der Waals surface area contributed by atoms with Crippen molar-refractivity contribution in [1.82, 2.24) is 10.6 Å². The van der Waals surface area contributed by atoms with Crippen LogP contribution in [0.1, 0.15) is 12.0 Å². The molecular formula is C16H25N3O4. The van der Waals surface area contributed by atoms with E-state index in [0.717, 1.165) is 11.3 Å². The third-order valence-electron chi connectivity index (χ3n) is 3.87.